The number of hydrogen-bond acceptors (Lipinski definition) is 5. The third-order valence-electron chi connectivity index (χ3n) is 2.39. The molecule has 2 aromatic heterocycles. The number of nitrogens with one attached hydrogen (secondary N) is 1. The van der Waals surface area contributed by atoms with Gasteiger partial charge in [0.2, 0.25) is 12.3 Å². The highest BCUT2D eigenvalue weighted by molar-refractivity contribution is 5.76. The molecular formula is C10H13N5O2. The summed E-state index contributed by atoms with van der Waals surface area (Å²) in [6, 6.07) is 0. The predicted molar refractivity (Wildman–Crippen MR) is 57.7 cm³/mol. The van der Waals surface area contributed by atoms with E-state index in [9.17, 15) is 4.79 Å². The number of aryl methyl sites for hydroxylation is 1. The Morgan fingerprint density at radius 2 is 2.47 bits per heavy atom. The Morgan fingerprint density at radius 1 is 1.59 bits per heavy atom. The number of carbonyl (C=O) groups is 1. The van der Waals surface area contributed by atoms with Gasteiger partial charge in [-0.25, -0.2) is 0 Å². The average molecular weight is 235 g/mol. The fraction of sp³-hybridized carbons (Fsp3) is 0.400. The molecule has 0 aliphatic carbocycles. The molecule has 17 heavy (non-hydrogen) atoms. The molecule has 0 aliphatic heterocycles. The van der Waals surface area contributed by atoms with Crippen LogP contribution in [0.25, 0.3) is 0 Å². The molecule has 0 aliphatic rings. The Bertz CT molecular complexity index is 451. The van der Waals surface area contributed by atoms with Crippen molar-refractivity contribution < 1.29 is 9.32 Å². The first-order chi connectivity index (χ1) is 8.25. The number of aromatic nitrogens is 4. The maximum Gasteiger partial charge on any atom is 0.223 e. The van der Waals surface area contributed by atoms with Gasteiger partial charge in [-0.3, -0.25) is 9.89 Å². The maximum absolute atomic E-state index is 11.8. The Balaban J connectivity index is 1.79. The van der Waals surface area contributed by atoms with Crippen LogP contribution in [-0.4, -0.2) is 38.2 Å². The van der Waals surface area contributed by atoms with E-state index < -0.39 is 0 Å². The van der Waals surface area contributed by atoms with Crippen LogP contribution < -0.4 is 0 Å². The number of carbonyl (C=O) groups excluding carboxylic acids is 1. The summed E-state index contributed by atoms with van der Waals surface area (Å²) in [6.45, 7) is 0.362. The highest BCUT2D eigenvalue weighted by Crippen LogP contribution is 2.03. The second-order valence-electron chi connectivity index (χ2n) is 3.70. The van der Waals surface area contributed by atoms with Gasteiger partial charge in [-0.2, -0.15) is 10.1 Å². The lowest BCUT2D eigenvalue weighted by molar-refractivity contribution is -0.130. The van der Waals surface area contributed by atoms with Crippen molar-refractivity contribution in [3.8, 4) is 0 Å². The zero-order chi connectivity index (χ0) is 12.1. The molecule has 0 saturated carbocycles. The highest BCUT2D eigenvalue weighted by atomic mass is 16.5. The van der Waals surface area contributed by atoms with Gasteiger partial charge in [0.05, 0.1) is 12.7 Å². The second-order valence-corrected chi connectivity index (χ2v) is 3.70. The zero-order valence-corrected chi connectivity index (χ0v) is 9.46. The minimum Gasteiger partial charge on any atom is -0.343 e. The Kier molecular flexibility index (Phi) is 3.49. The monoisotopic (exact) mass is 235 g/mol. The highest BCUT2D eigenvalue weighted by Gasteiger charge is 2.11. The molecule has 0 saturated heterocycles. The van der Waals surface area contributed by atoms with Gasteiger partial charge in [0.1, 0.15) is 0 Å². The largest absolute Gasteiger partial charge is 0.343 e. The quantitative estimate of drug-likeness (QED) is 0.809. The van der Waals surface area contributed by atoms with Crippen LogP contribution in [0.15, 0.2) is 23.3 Å². The van der Waals surface area contributed by atoms with Gasteiger partial charge >= 0.3 is 0 Å². The summed E-state index contributed by atoms with van der Waals surface area (Å²) < 4.78 is 4.60. The zero-order valence-electron chi connectivity index (χ0n) is 9.46. The number of rotatable bonds is 5. The minimum absolute atomic E-state index is 0.0380. The van der Waals surface area contributed by atoms with E-state index in [1.165, 1.54) is 6.39 Å². The maximum atomic E-state index is 11.8. The lowest BCUT2D eigenvalue weighted by Gasteiger charge is -2.14. The molecule has 0 radical (unpaired) electrons. The third-order valence-corrected chi connectivity index (χ3v) is 2.39. The lowest BCUT2D eigenvalue weighted by Crippen LogP contribution is -2.26. The molecule has 0 aromatic carbocycles. The van der Waals surface area contributed by atoms with E-state index in [1.807, 2.05) is 0 Å². The van der Waals surface area contributed by atoms with E-state index in [4.69, 9.17) is 0 Å². The Labute approximate surface area is 97.8 Å². The van der Waals surface area contributed by atoms with E-state index in [-0.39, 0.29) is 5.91 Å². The number of hydrogen-bond donors (Lipinski definition) is 1. The fourth-order valence-electron chi connectivity index (χ4n) is 1.42. The first-order valence-corrected chi connectivity index (χ1v) is 5.22. The van der Waals surface area contributed by atoms with Crippen LogP contribution in [0.4, 0.5) is 0 Å². The molecule has 90 valence electrons. The van der Waals surface area contributed by atoms with Gasteiger partial charge in [0.25, 0.3) is 0 Å². The van der Waals surface area contributed by atoms with Gasteiger partial charge in [0.15, 0.2) is 5.82 Å². The van der Waals surface area contributed by atoms with Crippen molar-refractivity contribution in [1.82, 2.24) is 25.2 Å². The van der Waals surface area contributed by atoms with E-state index in [0.29, 0.717) is 25.2 Å². The lowest BCUT2D eigenvalue weighted by atomic mass is 10.2. The van der Waals surface area contributed by atoms with Crippen LogP contribution in [0.1, 0.15) is 17.8 Å². The molecule has 2 rings (SSSR count). The first-order valence-electron chi connectivity index (χ1n) is 5.22. The average Bonchev–Trinajstić information content (AvgIpc) is 2.98. The van der Waals surface area contributed by atoms with Gasteiger partial charge in [-0.05, 0) is 12.0 Å². The summed E-state index contributed by atoms with van der Waals surface area (Å²) in [4.78, 5) is 17.2. The molecular weight excluding hydrogens is 222 g/mol. The SMILES string of the molecule is CN(Cc1ncon1)C(=O)CCc1cn[nH]c1. The molecule has 0 fully saturated rings. The van der Waals surface area contributed by atoms with Crippen LogP contribution in [-0.2, 0) is 17.8 Å². The molecule has 0 spiro atoms. The molecule has 0 unspecified atom stereocenters. The summed E-state index contributed by atoms with van der Waals surface area (Å²) in [5, 5.41) is 10.2. The van der Waals surface area contributed by atoms with Crippen molar-refractivity contribution in [3.63, 3.8) is 0 Å². The summed E-state index contributed by atoms with van der Waals surface area (Å²) in [5.74, 6) is 0.542. The van der Waals surface area contributed by atoms with Crippen molar-refractivity contribution in [2.75, 3.05) is 7.05 Å². The molecule has 1 N–H and O–H groups in total. The van der Waals surface area contributed by atoms with E-state index in [0.717, 1.165) is 5.56 Å². The number of amides is 1. The Hall–Kier alpha value is -2.18. The molecule has 0 bridgehead atoms. The smallest absolute Gasteiger partial charge is 0.223 e. The molecule has 1 amide bonds. The fourth-order valence-corrected chi connectivity index (χ4v) is 1.42. The van der Waals surface area contributed by atoms with Crippen LogP contribution >= 0.6 is 0 Å². The van der Waals surface area contributed by atoms with Crippen molar-refractivity contribution in [2.24, 2.45) is 0 Å². The van der Waals surface area contributed by atoms with Crippen LogP contribution in [0.2, 0.25) is 0 Å². The topological polar surface area (TPSA) is 87.9 Å². The van der Waals surface area contributed by atoms with E-state index in [2.05, 4.69) is 24.9 Å². The van der Waals surface area contributed by atoms with Crippen molar-refractivity contribution >= 4 is 5.91 Å². The van der Waals surface area contributed by atoms with Gasteiger partial charge in [-0.15, -0.1) is 0 Å². The van der Waals surface area contributed by atoms with Gasteiger partial charge < -0.3 is 9.42 Å². The summed E-state index contributed by atoms with van der Waals surface area (Å²) >= 11 is 0. The predicted octanol–water partition coefficient (Wildman–Crippen LogP) is 0.384. The molecule has 7 heteroatoms. The van der Waals surface area contributed by atoms with Crippen molar-refractivity contribution in [1.29, 1.82) is 0 Å². The normalized spacial score (nSPS) is 10.4. The van der Waals surface area contributed by atoms with Gasteiger partial charge in [0, 0.05) is 19.7 Å². The summed E-state index contributed by atoms with van der Waals surface area (Å²) in [5.41, 5.74) is 1.02. The number of H-pyrrole nitrogens is 1. The minimum atomic E-state index is 0.0380. The first kappa shape index (κ1) is 11.3. The van der Waals surface area contributed by atoms with E-state index >= 15 is 0 Å². The van der Waals surface area contributed by atoms with Crippen LogP contribution in [0, 0.1) is 0 Å². The van der Waals surface area contributed by atoms with E-state index in [1.54, 1.807) is 24.3 Å². The second kappa shape index (κ2) is 5.24. The molecule has 2 aromatic rings. The number of nitrogens with zero attached hydrogens (tertiary/aromatic N) is 4. The molecule has 0 atom stereocenters. The summed E-state index contributed by atoms with van der Waals surface area (Å²) in [6.07, 6.45) is 5.86. The third kappa shape index (κ3) is 3.13. The standard InChI is InChI=1S/C10H13N5O2/c1-15(6-9-11-7-17-14-9)10(16)3-2-8-4-12-13-5-8/h4-5,7H,2-3,6H2,1H3,(H,12,13). The number of aromatic amines is 1. The summed E-state index contributed by atoms with van der Waals surface area (Å²) in [7, 11) is 1.72. The molecule has 2 heterocycles. The Morgan fingerprint density at radius 3 is 3.12 bits per heavy atom. The van der Waals surface area contributed by atoms with Crippen molar-refractivity contribution in [2.45, 2.75) is 19.4 Å². The van der Waals surface area contributed by atoms with Crippen molar-refractivity contribution in [3.05, 3.63) is 30.2 Å². The van der Waals surface area contributed by atoms with Crippen LogP contribution in [0.3, 0.4) is 0 Å². The molecule has 7 nitrogen and oxygen atoms in total. The van der Waals surface area contributed by atoms with Gasteiger partial charge in [-0.1, -0.05) is 5.16 Å². The van der Waals surface area contributed by atoms with Crippen LogP contribution in [0.5, 0.6) is 0 Å².